The third-order valence-electron chi connectivity index (χ3n) is 3.76. The summed E-state index contributed by atoms with van der Waals surface area (Å²) in [6.07, 6.45) is -3.64. The Balaban J connectivity index is 2.03. The molecule has 0 saturated heterocycles. The van der Waals surface area contributed by atoms with Gasteiger partial charge in [-0.2, -0.15) is 13.2 Å². The lowest BCUT2D eigenvalue weighted by Crippen LogP contribution is -2.16. The number of aromatic nitrogens is 2. The molecule has 8 heteroatoms. The van der Waals surface area contributed by atoms with E-state index in [-0.39, 0.29) is 11.3 Å². The highest BCUT2D eigenvalue weighted by atomic mass is 35.5. The highest BCUT2D eigenvalue weighted by molar-refractivity contribution is 6.31. The number of carbonyl (C=O) groups is 1. The summed E-state index contributed by atoms with van der Waals surface area (Å²) < 4.78 is 39.9. The van der Waals surface area contributed by atoms with E-state index in [1.54, 1.807) is 25.1 Å². The van der Waals surface area contributed by atoms with Crippen LogP contribution in [0.1, 0.15) is 27.3 Å². The zero-order valence-corrected chi connectivity index (χ0v) is 14.0. The van der Waals surface area contributed by atoms with E-state index >= 15 is 0 Å². The molecule has 0 aliphatic rings. The second-order valence-electron chi connectivity index (χ2n) is 5.61. The van der Waals surface area contributed by atoms with E-state index in [0.717, 1.165) is 22.2 Å². The van der Waals surface area contributed by atoms with Crippen LogP contribution in [0.5, 0.6) is 0 Å². The maximum absolute atomic E-state index is 12.9. The van der Waals surface area contributed by atoms with E-state index < -0.39 is 17.6 Å². The molecule has 0 bridgehead atoms. The molecule has 2 heterocycles. The molecular formula is C17H13ClF3N3O. The van der Waals surface area contributed by atoms with E-state index in [1.165, 1.54) is 6.07 Å². The van der Waals surface area contributed by atoms with Crippen molar-refractivity contribution in [1.29, 1.82) is 0 Å². The van der Waals surface area contributed by atoms with Crippen LogP contribution < -0.4 is 5.32 Å². The number of nitrogens with one attached hydrogen (secondary N) is 1. The van der Waals surface area contributed by atoms with E-state index in [2.05, 4.69) is 10.3 Å². The van der Waals surface area contributed by atoms with Crippen LogP contribution >= 0.6 is 11.6 Å². The molecule has 4 nitrogen and oxygen atoms in total. The Hall–Kier alpha value is -2.54. The zero-order valence-electron chi connectivity index (χ0n) is 13.3. The van der Waals surface area contributed by atoms with Crippen LogP contribution in [0.25, 0.3) is 5.65 Å². The third kappa shape index (κ3) is 3.32. The molecule has 0 aliphatic heterocycles. The number of halogens is 4. The summed E-state index contributed by atoms with van der Waals surface area (Å²) in [6, 6.07) is 7.15. The molecule has 0 saturated carbocycles. The Labute approximate surface area is 146 Å². The van der Waals surface area contributed by atoms with Crippen molar-refractivity contribution in [3.8, 4) is 0 Å². The fourth-order valence-corrected chi connectivity index (χ4v) is 2.65. The number of amides is 1. The molecule has 0 unspecified atom stereocenters. The molecule has 1 aromatic carbocycles. The SMILES string of the molecule is Cc1ccc(NC(=O)c2c(C)nc3ccc(C(F)(F)F)cn23)cc1Cl. The van der Waals surface area contributed by atoms with Crippen molar-refractivity contribution in [1.82, 2.24) is 9.38 Å². The predicted octanol–water partition coefficient (Wildman–Crippen LogP) is 4.88. The van der Waals surface area contributed by atoms with Crippen molar-refractivity contribution in [3.63, 3.8) is 0 Å². The van der Waals surface area contributed by atoms with Gasteiger partial charge in [-0.15, -0.1) is 0 Å². The van der Waals surface area contributed by atoms with Gasteiger partial charge in [0.1, 0.15) is 11.3 Å². The van der Waals surface area contributed by atoms with Gasteiger partial charge in [0.15, 0.2) is 0 Å². The van der Waals surface area contributed by atoms with Gasteiger partial charge >= 0.3 is 6.18 Å². The lowest BCUT2D eigenvalue weighted by Gasteiger charge is -2.10. The van der Waals surface area contributed by atoms with E-state index in [0.29, 0.717) is 16.4 Å². The number of hydrogen-bond acceptors (Lipinski definition) is 2. The molecule has 130 valence electrons. The summed E-state index contributed by atoms with van der Waals surface area (Å²) in [6.45, 7) is 3.39. The van der Waals surface area contributed by atoms with Gasteiger partial charge in [-0.05, 0) is 43.7 Å². The predicted molar refractivity (Wildman–Crippen MR) is 89.1 cm³/mol. The average Bonchev–Trinajstić information content (AvgIpc) is 2.85. The van der Waals surface area contributed by atoms with Crippen LogP contribution in [0.15, 0.2) is 36.5 Å². The maximum Gasteiger partial charge on any atom is 0.417 e. The zero-order chi connectivity index (χ0) is 18.4. The number of benzene rings is 1. The molecule has 1 amide bonds. The summed E-state index contributed by atoms with van der Waals surface area (Å²) in [7, 11) is 0. The highest BCUT2D eigenvalue weighted by Gasteiger charge is 2.31. The maximum atomic E-state index is 12.9. The number of nitrogens with zero attached hydrogens (tertiary/aromatic N) is 2. The largest absolute Gasteiger partial charge is 0.417 e. The van der Waals surface area contributed by atoms with Gasteiger partial charge < -0.3 is 5.32 Å². The van der Waals surface area contributed by atoms with E-state index in [4.69, 9.17) is 11.6 Å². The second-order valence-corrected chi connectivity index (χ2v) is 6.01. The fourth-order valence-electron chi connectivity index (χ4n) is 2.46. The first-order valence-electron chi connectivity index (χ1n) is 7.30. The number of hydrogen-bond donors (Lipinski definition) is 1. The minimum atomic E-state index is -4.51. The Morgan fingerprint density at radius 1 is 1.20 bits per heavy atom. The molecular weight excluding hydrogens is 355 g/mol. The number of carbonyl (C=O) groups excluding carboxylic acids is 1. The monoisotopic (exact) mass is 367 g/mol. The van der Waals surface area contributed by atoms with Crippen molar-refractivity contribution in [2.45, 2.75) is 20.0 Å². The van der Waals surface area contributed by atoms with Crippen molar-refractivity contribution >= 4 is 28.8 Å². The molecule has 25 heavy (non-hydrogen) atoms. The van der Waals surface area contributed by atoms with Crippen LogP contribution in [0.3, 0.4) is 0 Å². The number of alkyl halides is 3. The standard InChI is InChI=1S/C17H13ClF3N3O/c1-9-3-5-12(7-13(9)18)23-16(25)15-10(2)22-14-6-4-11(8-24(14)15)17(19,20)21/h3-8H,1-2H3,(H,23,25). The molecule has 0 atom stereocenters. The number of rotatable bonds is 2. The first-order chi connectivity index (χ1) is 11.7. The summed E-state index contributed by atoms with van der Waals surface area (Å²) in [5, 5.41) is 3.12. The van der Waals surface area contributed by atoms with Crippen LogP contribution in [-0.2, 0) is 6.18 Å². The van der Waals surface area contributed by atoms with Crippen LogP contribution in [-0.4, -0.2) is 15.3 Å². The number of aryl methyl sites for hydroxylation is 2. The lowest BCUT2D eigenvalue weighted by molar-refractivity contribution is -0.137. The first kappa shape index (κ1) is 17.3. The number of imidazole rings is 1. The molecule has 0 aliphatic carbocycles. The van der Waals surface area contributed by atoms with Crippen molar-refractivity contribution < 1.29 is 18.0 Å². The molecule has 1 N–H and O–H groups in total. The van der Waals surface area contributed by atoms with Gasteiger partial charge in [0.25, 0.3) is 5.91 Å². The summed E-state index contributed by atoms with van der Waals surface area (Å²) in [4.78, 5) is 16.7. The second kappa shape index (κ2) is 6.07. The van der Waals surface area contributed by atoms with Gasteiger partial charge in [0.2, 0.25) is 0 Å². The van der Waals surface area contributed by atoms with E-state index in [9.17, 15) is 18.0 Å². The average molecular weight is 368 g/mol. The van der Waals surface area contributed by atoms with Crippen LogP contribution in [0.2, 0.25) is 5.02 Å². The molecule has 0 fully saturated rings. The normalized spacial score (nSPS) is 11.8. The minimum Gasteiger partial charge on any atom is -0.321 e. The number of fused-ring (bicyclic) bond motifs is 1. The smallest absolute Gasteiger partial charge is 0.321 e. The van der Waals surface area contributed by atoms with Crippen LogP contribution in [0, 0.1) is 13.8 Å². The van der Waals surface area contributed by atoms with Gasteiger partial charge in [-0.1, -0.05) is 17.7 Å². The highest BCUT2D eigenvalue weighted by Crippen LogP contribution is 2.30. The van der Waals surface area contributed by atoms with Crippen LogP contribution in [0.4, 0.5) is 18.9 Å². The van der Waals surface area contributed by atoms with Gasteiger partial charge in [0.05, 0.1) is 11.3 Å². The molecule has 0 spiro atoms. The number of pyridine rings is 1. The van der Waals surface area contributed by atoms with Crippen molar-refractivity contribution in [2.24, 2.45) is 0 Å². The fraction of sp³-hybridized carbons (Fsp3) is 0.176. The van der Waals surface area contributed by atoms with Crippen molar-refractivity contribution in [2.75, 3.05) is 5.32 Å². The Morgan fingerprint density at radius 2 is 1.92 bits per heavy atom. The third-order valence-corrected chi connectivity index (χ3v) is 4.17. The number of anilines is 1. The van der Waals surface area contributed by atoms with Gasteiger partial charge in [0, 0.05) is 16.9 Å². The summed E-state index contributed by atoms with van der Waals surface area (Å²) in [5.41, 5.74) is 1.07. The quantitative estimate of drug-likeness (QED) is 0.702. The minimum absolute atomic E-state index is 0.0396. The molecule has 2 aromatic heterocycles. The van der Waals surface area contributed by atoms with Gasteiger partial charge in [-0.3, -0.25) is 9.20 Å². The van der Waals surface area contributed by atoms with E-state index in [1.807, 2.05) is 6.92 Å². The van der Waals surface area contributed by atoms with Crippen molar-refractivity contribution in [3.05, 3.63) is 64.1 Å². The Kier molecular flexibility index (Phi) is 4.20. The topological polar surface area (TPSA) is 46.4 Å². The molecule has 3 rings (SSSR count). The lowest BCUT2D eigenvalue weighted by atomic mass is 10.2. The summed E-state index contributed by atoms with van der Waals surface area (Å²) >= 11 is 6.03. The molecule has 0 radical (unpaired) electrons. The van der Waals surface area contributed by atoms with Gasteiger partial charge in [-0.25, -0.2) is 4.98 Å². The summed E-state index contributed by atoms with van der Waals surface area (Å²) in [5.74, 6) is -0.566. The Bertz CT molecular complexity index is 979. The Morgan fingerprint density at radius 3 is 2.56 bits per heavy atom. The first-order valence-corrected chi connectivity index (χ1v) is 7.68. The molecule has 3 aromatic rings.